The largest absolute Gasteiger partial charge is 0.248 e. The SMILES string of the molecule is CCCCCCCCCCc1ccc(-c2ncc(CCCCCC(C)F)cn2)cc1. The first-order valence-corrected chi connectivity index (χ1v) is 12.2. The average molecular weight is 413 g/mol. The highest BCUT2D eigenvalue weighted by molar-refractivity contribution is 5.55. The maximum atomic E-state index is 12.8. The minimum absolute atomic E-state index is 0.671. The first-order valence-electron chi connectivity index (χ1n) is 12.2. The third-order valence-electron chi connectivity index (χ3n) is 5.80. The number of rotatable bonds is 16. The average Bonchev–Trinajstić information content (AvgIpc) is 2.76. The summed E-state index contributed by atoms with van der Waals surface area (Å²) in [5.74, 6) is 0.795. The molecule has 0 saturated heterocycles. The Balaban J connectivity index is 1.66. The number of aryl methyl sites for hydroxylation is 2. The van der Waals surface area contributed by atoms with Gasteiger partial charge in [-0.2, -0.15) is 0 Å². The van der Waals surface area contributed by atoms with Gasteiger partial charge in [0.1, 0.15) is 0 Å². The number of hydrogen-bond acceptors (Lipinski definition) is 2. The molecule has 2 rings (SSSR count). The molecule has 0 spiro atoms. The molecule has 1 atom stereocenters. The lowest BCUT2D eigenvalue weighted by molar-refractivity contribution is 0.330. The number of benzene rings is 1. The summed E-state index contributed by atoms with van der Waals surface area (Å²) in [5.41, 5.74) is 3.65. The van der Waals surface area contributed by atoms with Crippen LogP contribution in [0.5, 0.6) is 0 Å². The molecule has 0 fully saturated rings. The van der Waals surface area contributed by atoms with Gasteiger partial charge in [0.25, 0.3) is 0 Å². The predicted molar refractivity (Wildman–Crippen MR) is 127 cm³/mol. The van der Waals surface area contributed by atoms with Crippen molar-refractivity contribution in [2.45, 2.75) is 110 Å². The highest BCUT2D eigenvalue weighted by Gasteiger charge is 2.03. The van der Waals surface area contributed by atoms with E-state index in [1.165, 1.54) is 62.5 Å². The van der Waals surface area contributed by atoms with E-state index in [0.29, 0.717) is 6.42 Å². The molecule has 0 aliphatic heterocycles. The van der Waals surface area contributed by atoms with Gasteiger partial charge in [0, 0.05) is 18.0 Å². The number of halogens is 1. The summed E-state index contributed by atoms with van der Waals surface area (Å²) in [6.45, 7) is 3.91. The van der Waals surface area contributed by atoms with E-state index >= 15 is 0 Å². The first kappa shape index (κ1) is 24.5. The van der Waals surface area contributed by atoms with Crippen LogP contribution in [0.15, 0.2) is 36.7 Å². The van der Waals surface area contributed by atoms with Gasteiger partial charge in [-0.05, 0) is 50.2 Å². The van der Waals surface area contributed by atoms with E-state index in [1.54, 1.807) is 6.92 Å². The summed E-state index contributed by atoms with van der Waals surface area (Å²) in [6, 6.07) is 8.74. The number of nitrogens with zero attached hydrogens (tertiary/aromatic N) is 2. The van der Waals surface area contributed by atoms with Crippen LogP contribution < -0.4 is 0 Å². The fourth-order valence-electron chi connectivity index (χ4n) is 3.85. The quantitative estimate of drug-likeness (QED) is 0.259. The van der Waals surface area contributed by atoms with Crippen LogP contribution >= 0.6 is 0 Å². The van der Waals surface area contributed by atoms with Gasteiger partial charge >= 0.3 is 0 Å². The standard InChI is InChI=1S/C27H41FN2/c1-3-4-5-6-7-8-9-12-15-24-17-19-26(20-18-24)27-29-21-25(22-30-27)16-13-10-11-14-23(2)28/h17-23H,3-16H2,1-2H3. The van der Waals surface area contributed by atoms with E-state index in [0.717, 1.165) is 43.5 Å². The van der Waals surface area contributed by atoms with Gasteiger partial charge in [-0.25, -0.2) is 14.4 Å². The molecular formula is C27H41FN2. The van der Waals surface area contributed by atoms with E-state index in [4.69, 9.17) is 0 Å². The number of unbranched alkanes of at least 4 members (excludes halogenated alkanes) is 9. The Morgan fingerprint density at radius 2 is 1.23 bits per heavy atom. The van der Waals surface area contributed by atoms with Gasteiger partial charge in [0.05, 0.1) is 6.17 Å². The first-order chi connectivity index (χ1) is 14.7. The fraction of sp³-hybridized carbons (Fsp3) is 0.630. The number of aromatic nitrogens is 2. The van der Waals surface area contributed by atoms with E-state index < -0.39 is 6.17 Å². The highest BCUT2D eigenvalue weighted by Crippen LogP contribution is 2.18. The highest BCUT2D eigenvalue weighted by atomic mass is 19.1. The van der Waals surface area contributed by atoms with Crippen molar-refractivity contribution < 1.29 is 4.39 Å². The summed E-state index contributed by atoms with van der Waals surface area (Å²) >= 11 is 0. The summed E-state index contributed by atoms with van der Waals surface area (Å²) in [5, 5.41) is 0. The Morgan fingerprint density at radius 3 is 1.83 bits per heavy atom. The van der Waals surface area contributed by atoms with Crippen LogP contribution in [-0.2, 0) is 12.8 Å². The van der Waals surface area contributed by atoms with Crippen molar-refractivity contribution in [3.63, 3.8) is 0 Å². The number of hydrogen-bond donors (Lipinski definition) is 0. The van der Waals surface area contributed by atoms with Crippen LogP contribution in [0, 0.1) is 0 Å². The molecule has 1 heterocycles. The lowest BCUT2D eigenvalue weighted by atomic mass is 10.0. The molecule has 30 heavy (non-hydrogen) atoms. The van der Waals surface area contributed by atoms with Crippen molar-refractivity contribution >= 4 is 0 Å². The van der Waals surface area contributed by atoms with Crippen LogP contribution in [0.4, 0.5) is 4.39 Å². The Labute approximate surface area is 183 Å². The molecule has 2 nitrogen and oxygen atoms in total. The summed E-state index contributed by atoms with van der Waals surface area (Å²) in [4.78, 5) is 9.10. The summed E-state index contributed by atoms with van der Waals surface area (Å²) in [6.07, 6.45) is 20.0. The summed E-state index contributed by atoms with van der Waals surface area (Å²) < 4.78 is 12.8. The van der Waals surface area contributed by atoms with Gasteiger partial charge in [-0.15, -0.1) is 0 Å². The van der Waals surface area contributed by atoms with E-state index in [2.05, 4.69) is 41.2 Å². The molecular weight excluding hydrogens is 371 g/mol. The maximum Gasteiger partial charge on any atom is 0.159 e. The van der Waals surface area contributed by atoms with Crippen LogP contribution in [0.25, 0.3) is 11.4 Å². The van der Waals surface area contributed by atoms with E-state index in [1.807, 2.05) is 12.4 Å². The molecule has 1 aromatic carbocycles. The van der Waals surface area contributed by atoms with Crippen LogP contribution in [-0.4, -0.2) is 16.1 Å². The van der Waals surface area contributed by atoms with Crippen molar-refractivity contribution in [1.82, 2.24) is 9.97 Å². The monoisotopic (exact) mass is 412 g/mol. The van der Waals surface area contributed by atoms with Crippen LogP contribution in [0.1, 0.15) is 102 Å². The number of alkyl halides is 1. The molecule has 0 radical (unpaired) electrons. The molecule has 166 valence electrons. The molecule has 1 unspecified atom stereocenters. The molecule has 0 aliphatic carbocycles. The Bertz CT molecular complexity index is 664. The zero-order chi connectivity index (χ0) is 21.4. The Morgan fingerprint density at radius 1 is 0.700 bits per heavy atom. The minimum Gasteiger partial charge on any atom is -0.248 e. The van der Waals surface area contributed by atoms with Crippen molar-refractivity contribution in [3.05, 3.63) is 47.8 Å². The third-order valence-corrected chi connectivity index (χ3v) is 5.80. The molecule has 3 heteroatoms. The van der Waals surface area contributed by atoms with Crippen molar-refractivity contribution in [2.75, 3.05) is 0 Å². The van der Waals surface area contributed by atoms with Gasteiger partial charge in [0.2, 0.25) is 0 Å². The molecule has 0 N–H and O–H groups in total. The molecule has 0 amide bonds. The predicted octanol–water partition coefficient (Wildman–Crippen LogP) is 8.29. The van der Waals surface area contributed by atoms with E-state index in [9.17, 15) is 4.39 Å². The van der Waals surface area contributed by atoms with Crippen LogP contribution in [0.3, 0.4) is 0 Å². The minimum atomic E-state index is -0.681. The second kappa shape index (κ2) is 15.1. The molecule has 1 aromatic heterocycles. The molecule has 0 bridgehead atoms. The van der Waals surface area contributed by atoms with Gasteiger partial charge in [-0.1, -0.05) is 89.0 Å². The van der Waals surface area contributed by atoms with Crippen molar-refractivity contribution in [2.24, 2.45) is 0 Å². The van der Waals surface area contributed by atoms with Gasteiger partial charge in [0.15, 0.2) is 5.82 Å². The smallest absolute Gasteiger partial charge is 0.159 e. The second-order valence-electron chi connectivity index (χ2n) is 8.72. The van der Waals surface area contributed by atoms with Crippen molar-refractivity contribution in [3.8, 4) is 11.4 Å². The summed E-state index contributed by atoms with van der Waals surface area (Å²) in [7, 11) is 0. The molecule has 0 saturated carbocycles. The molecule has 0 aliphatic rings. The van der Waals surface area contributed by atoms with E-state index in [-0.39, 0.29) is 0 Å². The maximum absolute atomic E-state index is 12.8. The fourth-order valence-corrected chi connectivity index (χ4v) is 3.85. The normalized spacial score (nSPS) is 12.2. The lowest BCUT2D eigenvalue weighted by Crippen LogP contribution is -1.95. The third kappa shape index (κ3) is 10.3. The van der Waals surface area contributed by atoms with Gasteiger partial charge < -0.3 is 0 Å². The second-order valence-corrected chi connectivity index (χ2v) is 8.72. The molecule has 2 aromatic rings. The van der Waals surface area contributed by atoms with Crippen molar-refractivity contribution in [1.29, 1.82) is 0 Å². The zero-order valence-corrected chi connectivity index (χ0v) is 19.2. The van der Waals surface area contributed by atoms with Gasteiger partial charge in [-0.3, -0.25) is 0 Å². The Hall–Kier alpha value is -1.77. The Kier molecular flexibility index (Phi) is 12.3. The van der Waals surface area contributed by atoms with Crippen LogP contribution in [0.2, 0.25) is 0 Å². The lowest BCUT2D eigenvalue weighted by Gasteiger charge is -2.06. The zero-order valence-electron chi connectivity index (χ0n) is 19.2. The topological polar surface area (TPSA) is 25.8 Å².